The van der Waals surface area contributed by atoms with Crippen molar-refractivity contribution in [2.45, 2.75) is 51.4 Å². The molecule has 1 aliphatic heterocycles. The van der Waals surface area contributed by atoms with Crippen LogP contribution >= 0.6 is 0 Å². The number of likely N-dealkylation sites (tertiary alicyclic amines) is 1. The Balaban J connectivity index is 2.00. The van der Waals surface area contributed by atoms with Crippen LogP contribution in [0.1, 0.15) is 30.9 Å². The Bertz CT molecular complexity index is 588. The molecule has 2 rings (SSSR count). The SMILES string of the molecule is Cc1cccc(C)c1NC(=O)C(C)N1CCC(O)(C(F)(F)F)CC1. The highest BCUT2D eigenvalue weighted by Crippen LogP contribution is 2.38. The quantitative estimate of drug-likeness (QED) is 0.886. The Morgan fingerprint density at radius 3 is 2.21 bits per heavy atom. The Morgan fingerprint density at radius 2 is 1.75 bits per heavy atom. The zero-order valence-corrected chi connectivity index (χ0v) is 14.1. The molecule has 1 saturated heterocycles. The molecule has 0 spiro atoms. The molecule has 1 aliphatic rings. The molecule has 2 N–H and O–H groups in total. The molecular weight excluding hydrogens is 321 g/mol. The minimum atomic E-state index is -4.64. The van der Waals surface area contributed by atoms with E-state index in [2.05, 4.69) is 5.32 Å². The maximum absolute atomic E-state index is 12.8. The second-order valence-electron chi connectivity index (χ2n) is 6.50. The fraction of sp³-hybridized carbons (Fsp3) is 0.588. The molecule has 0 radical (unpaired) electrons. The fourth-order valence-corrected chi connectivity index (χ4v) is 2.97. The molecule has 1 amide bonds. The topological polar surface area (TPSA) is 52.6 Å². The van der Waals surface area contributed by atoms with Crippen LogP contribution in [0.5, 0.6) is 0 Å². The first-order chi connectivity index (χ1) is 11.0. The number of piperidine rings is 1. The molecule has 0 aliphatic carbocycles. The molecule has 0 aromatic heterocycles. The van der Waals surface area contributed by atoms with Gasteiger partial charge in [0.05, 0.1) is 6.04 Å². The van der Waals surface area contributed by atoms with E-state index in [9.17, 15) is 23.1 Å². The number of halogens is 3. The summed E-state index contributed by atoms with van der Waals surface area (Å²) in [5.41, 5.74) is -0.0498. The molecule has 134 valence electrons. The number of nitrogens with zero attached hydrogens (tertiary/aromatic N) is 1. The highest BCUT2D eigenvalue weighted by atomic mass is 19.4. The Labute approximate surface area is 139 Å². The summed E-state index contributed by atoms with van der Waals surface area (Å²) in [5.74, 6) is -0.259. The molecule has 1 heterocycles. The molecular formula is C17H23F3N2O2. The van der Waals surface area contributed by atoms with E-state index in [0.717, 1.165) is 16.8 Å². The Kier molecular flexibility index (Phi) is 5.25. The van der Waals surface area contributed by atoms with Crippen molar-refractivity contribution in [3.05, 3.63) is 29.3 Å². The number of aliphatic hydroxyl groups is 1. The predicted molar refractivity (Wildman–Crippen MR) is 85.8 cm³/mol. The van der Waals surface area contributed by atoms with Gasteiger partial charge in [0, 0.05) is 18.8 Å². The summed E-state index contributed by atoms with van der Waals surface area (Å²) in [6, 6.07) is 5.10. The first kappa shape index (κ1) is 18.7. The van der Waals surface area contributed by atoms with E-state index < -0.39 is 30.7 Å². The van der Waals surface area contributed by atoms with Crippen LogP contribution in [0.15, 0.2) is 18.2 Å². The molecule has 1 aromatic rings. The van der Waals surface area contributed by atoms with Gasteiger partial charge in [0.2, 0.25) is 5.91 Å². The van der Waals surface area contributed by atoms with Crippen LogP contribution in [0.2, 0.25) is 0 Å². The summed E-state index contributed by atoms with van der Waals surface area (Å²) in [5, 5.41) is 12.6. The lowest BCUT2D eigenvalue weighted by Gasteiger charge is -2.41. The van der Waals surface area contributed by atoms with Gasteiger partial charge in [-0.25, -0.2) is 0 Å². The minimum Gasteiger partial charge on any atom is -0.380 e. The van der Waals surface area contributed by atoms with Gasteiger partial charge >= 0.3 is 6.18 Å². The van der Waals surface area contributed by atoms with Gasteiger partial charge in [-0.3, -0.25) is 9.69 Å². The summed E-state index contributed by atoms with van der Waals surface area (Å²) in [7, 11) is 0. The van der Waals surface area contributed by atoms with Crippen LogP contribution < -0.4 is 5.32 Å². The zero-order chi connectivity index (χ0) is 18.1. The largest absolute Gasteiger partial charge is 0.417 e. The first-order valence-corrected chi connectivity index (χ1v) is 7.95. The van der Waals surface area contributed by atoms with E-state index in [-0.39, 0.29) is 19.0 Å². The summed E-state index contributed by atoms with van der Waals surface area (Å²) in [6.45, 7) is 5.49. The van der Waals surface area contributed by atoms with Crippen molar-refractivity contribution in [2.75, 3.05) is 18.4 Å². The van der Waals surface area contributed by atoms with Crippen molar-refractivity contribution in [1.29, 1.82) is 0 Å². The van der Waals surface area contributed by atoms with E-state index in [1.807, 2.05) is 32.0 Å². The van der Waals surface area contributed by atoms with Gasteiger partial charge in [-0.05, 0) is 44.7 Å². The van der Waals surface area contributed by atoms with Crippen molar-refractivity contribution in [1.82, 2.24) is 4.90 Å². The second kappa shape index (κ2) is 6.72. The normalized spacial score (nSPS) is 19.8. The maximum atomic E-state index is 12.8. The molecule has 1 aromatic carbocycles. The number of para-hydroxylation sites is 1. The van der Waals surface area contributed by atoms with Gasteiger partial charge in [0.1, 0.15) is 0 Å². The zero-order valence-electron chi connectivity index (χ0n) is 14.1. The molecule has 24 heavy (non-hydrogen) atoms. The molecule has 1 atom stereocenters. The van der Waals surface area contributed by atoms with Crippen LogP contribution in [-0.4, -0.2) is 46.8 Å². The van der Waals surface area contributed by atoms with E-state index in [4.69, 9.17) is 0 Å². The lowest BCUT2D eigenvalue weighted by Crippen LogP contribution is -2.56. The van der Waals surface area contributed by atoms with Crippen molar-refractivity contribution in [3.63, 3.8) is 0 Å². The average molecular weight is 344 g/mol. The van der Waals surface area contributed by atoms with Crippen LogP contribution in [0, 0.1) is 13.8 Å². The number of alkyl halides is 3. The lowest BCUT2D eigenvalue weighted by molar-refractivity contribution is -0.273. The van der Waals surface area contributed by atoms with Crippen molar-refractivity contribution < 1.29 is 23.1 Å². The number of amides is 1. The third-order valence-corrected chi connectivity index (χ3v) is 4.81. The summed E-state index contributed by atoms with van der Waals surface area (Å²) in [6.07, 6.45) is -5.47. The Hall–Kier alpha value is -1.60. The van der Waals surface area contributed by atoms with Gasteiger partial charge in [-0.15, -0.1) is 0 Å². The smallest absolute Gasteiger partial charge is 0.380 e. The third-order valence-electron chi connectivity index (χ3n) is 4.81. The van der Waals surface area contributed by atoms with Crippen LogP contribution in [0.25, 0.3) is 0 Å². The number of carbonyl (C=O) groups is 1. The number of benzene rings is 1. The highest BCUT2D eigenvalue weighted by Gasteiger charge is 2.54. The summed E-state index contributed by atoms with van der Waals surface area (Å²) < 4.78 is 38.5. The van der Waals surface area contributed by atoms with Gasteiger partial charge in [0.25, 0.3) is 0 Å². The standard InChI is InChI=1S/C17H23F3N2O2/c1-11-5-4-6-12(2)14(11)21-15(23)13(3)22-9-7-16(24,8-10-22)17(18,19)20/h4-6,13,24H,7-10H2,1-3H3,(H,21,23). The maximum Gasteiger partial charge on any atom is 0.417 e. The van der Waals surface area contributed by atoms with E-state index in [1.54, 1.807) is 11.8 Å². The molecule has 7 heteroatoms. The highest BCUT2D eigenvalue weighted by molar-refractivity contribution is 5.95. The van der Waals surface area contributed by atoms with Crippen LogP contribution in [-0.2, 0) is 4.79 Å². The number of nitrogens with one attached hydrogen (secondary N) is 1. The first-order valence-electron chi connectivity index (χ1n) is 7.95. The van der Waals surface area contributed by atoms with Gasteiger partial charge < -0.3 is 10.4 Å². The number of aryl methyl sites for hydroxylation is 2. The van der Waals surface area contributed by atoms with E-state index >= 15 is 0 Å². The van der Waals surface area contributed by atoms with E-state index in [0.29, 0.717) is 0 Å². The average Bonchev–Trinajstić information content (AvgIpc) is 2.50. The monoisotopic (exact) mass is 344 g/mol. The minimum absolute atomic E-state index is 0.0251. The molecule has 0 bridgehead atoms. The molecule has 0 saturated carbocycles. The Morgan fingerprint density at radius 1 is 1.25 bits per heavy atom. The van der Waals surface area contributed by atoms with Gasteiger partial charge in [0.15, 0.2) is 5.60 Å². The molecule has 4 nitrogen and oxygen atoms in total. The summed E-state index contributed by atoms with van der Waals surface area (Å²) >= 11 is 0. The number of hydrogen-bond acceptors (Lipinski definition) is 3. The number of carbonyl (C=O) groups excluding carboxylic acids is 1. The van der Waals surface area contributed by atoms with Gasteiger partial charge in [-0.2, -0.15) is 13.2 Å². The number of hydrogen-bond donors (Lipinski definition) is 2. The van der Waals surface area contributed by atoms with Crippen molar-refractivity contribution in [2.24, 2.45) is 0 Å². The lowest BCUT2D eigenvalue weighted by atomic mass is 9.90. The predicted octanol–water partition coefficient (Wildman–Crippen LogP) is 3.02. The summed E-state index contributed by atoms with van der Waals surface area (Å²) in [4.78, 5) is 14.1. The fourth-order valence-electron chi connectivity index (χ4n) is 2.97. The van der Waals surface area contributed by atoms with Gasteiger partial charge in [-0.1, -0.05) is 18.2 Å². The van der Waals surface area contributed by atoms with Crippen molar-refractivity contribution >= 4 is 11.6 Å². The second-order valence-corrected chi connectivity index (χ2v) is 6.50. The van der Waals surface area contributed by atoms with Crippen LogP contribution in [0.3, 0.4) is 0 Å². The number of anilines is 1. The number of rotatable bonds is 3. The molecule has 1 unspecified atom stereocenters. The van der Waals surface area contributed by atoms with Crippen LogP contribution in [0.4, 0.5) is 18.9 Å². The molecule has 1 fully saturated rings. The van der Waals surface area contributed by atoms with E-state index in [1.165, 1.54) is 0 Å². The third kappa shape index (κ3) is 3.72. The van der Waals surface area contributed by atoms with Crippen molar-refractivity contribution in [3.8, 4) is 0 Å².